The predicted molar refractivity (Wildman–Crippen MR) is 77.8 cm³/mol. The fourth-order valence-corrected chi connectivity index (χ4v) is 2.56. The summed E-state index contributed by atoms with van der Waals surface area (Å²) < 4.78 is 0. The first-order valence-electron chi connectivity index (χ1n) is 6.13. The summed E-state index contributed by atoms with van der Waals surface area (Å²) in [5, 5.41) is 9.20. The Morgan fingerprint density at radius 1 is 1.00 bits per heavy atom. The molecule has 0 fully saturated rings. The zero-order valence-electron chi connectivity index (χ0n) is 10.1. The second-order valence-corrected chi connectivity index (χ2v) is 4.62. The van der Waals surface area contributed by atoms with Crippen molar-refractivity contribution in [1.82, 2.24) is 15.2 Å². The van der Waals surface area contributed by atoms with E-state index in [0.717, 1.165) is 27.5 Å². The standard InChI is InChI=1S/C15H12N4/c16-15-14-11(2-1-3-13(14)18-19-15)9-4-5-12-10(8-9)6-7-17-12/h1-8,17H,(H3,16,18,19). The van der Waals surface area contributed by atoms with Gasteiger partial charge in [-0.3, -0.25) is 5.10 Å². The normalized spacial score (nSPS) is 11.4. The van der Waals surface area contributed by atoms with Gasteiger partial charge in [-0.05, 0) is 40.8 Å². The van der Waals surface area contributed by atoms with Crippen LogP contribution in [0.5, 0.6) is 0 Å². The number of aromatic amines is 2. The lowest BCUT2D eigenvalue weighted by Gasteiger charge is -2.04. The molecule has 0 aliphatic carbocycles. The molecule has 0 aliphatic heterocycles. The fraction of sp³-hybridized carbons (Fsp3) is 0. The molecule has 0 amide bonds. The number of benzene rings is 2. The number of nitrogen functional groups attached to an aromatic ring is 1. The van der Waals surface area contributed by atoms with E-state index in [1.165, 1.54) is 5.39 Å². The number of nitrogens with one attached hydrogen (secondary N) is 2. The number of anilines is 1. The maximum absolute atomic E-state index is 5.96. The minimum Gasteiger partial charge on any atom is -0.382 e. The predicted octanol–water partition coefficient (Wildman–Crippen LogP) is 3.29. The van der Waals surface area contributed by atoms with E-state index in [2.05, 4.69) is 45.5 Å². The molecule has 0 bridgehead atoms. The molecule has 0 saturated carbocycles. The molecule has 0 spiro atoms. The Morgan fingerprint density at radius 2 is 1.95 bits per heavy atom. The highest BCUT2D eigenvalue weighted by atomic mass is 15.1. The number of H-pyrrole nitrogens is 2. The van der Waals surface area contributed by atoms with Gasteiger partial charge in [0.15, 0.2) is 5.82 Å². The Hall–Kier alpha value is -2.75. The van der Waals surface area contributed by atoms with Crippen LogP contribution in [0.25, 0.3) is 32.9 Å². The SMILES string of the molecule is Nc1n[nH]c2cccc(-c3ccc4[nH]ccc4c3)c12. The van der Waals surface area contributed by atoms with E-state index in [1.807, 2.05) is 18.3 Å². The van der Waals surface area contributed by atoms with Gasteiger partial charge in [0.1, 0.15) is 0 Å². The summed E-state index contributed by atoms with van der Waals surface area (Å²) in [7, 11) is 0. The Kier molecular flexibility index (Phi) is 1.94. The highest BCUT2D eigenvalue weighted by Crippen LogP contribution is 2.32. The maximum atomic E-state index is 5.96. The van der Waals surface area contributed by atoms with Crippen LogP contribution in [0.1, 0.15) is 0 Å². The van der Waals surface area contributed by atoms with Crippen molar-refractivity contribution in [3.05, 3.63) is 48.7 Å². The topological polar surface area (TPSA) is 70.5 Å². The van der Waals surface area contributed by atoms with Gasteiger partial charge in [-0.25, -0.2) is 0 Å². The summed E-state index contributed by atoms with van der Waals surface area (Å²) in [4.78, 5) is 3.20. The molecule has 19 heavy (non-hydrogen) atoms. The molecule has 0 unspecified atom stereocenters. The minimum atomic E-state index is 0.541. The summed E-state index contributed by atoms with van der Waals surface area (Å²) in [6, 6.07) is 14.5. The van der Waals surface area contributed by atoms with Crippen LogP contribution in [-0.4, -0.2) is 15.2 Å². The lowest BCUT2D eigenvalue weighted by Crippen LogP contribution is -1.86. The summed E-state index contributed by atoms with van der Waals surface area (Å²) in [6.45, 7) is 0. The molecular weight excluding hydrogens is 236 g/mol. The van der Waals surface area contributed by atoms with Gasteiger partial charge in [0.25, 0.3) is 0 Å². The van der Waals surface area contributed by atoms with Crippen LogP contribution in [0.2, 0.25) is 0 Å². The summed E-state index contributed by atoms with van der Waals surface area (Å²) in [5.41, 5.74) is 10.3. The van der Waals surface area contributed by atoms with Gasteiger partial charge < -0.3 is 10.7 Å². The molecule has 2 aromatic carbocycles. The summed E-state index contributed by atoms with van der Waals surface area (Å²) >= 11 is 0. The monoisotopic (exact) mass is 248 g/mol. The van der Waals surface area contributed by atoms with E-state index < -0.39 is 0 Å². The molecule has 0 aliphatic rings. The number of aromatic nitrogens is 3. The minimum absolute atomic E-state index is 0.541. The highest BCUT2D eigenvalue weighted by Gasteiger charge is 2.09. The van der Waals surface area contributed by atoms with Crippen LogP contribution in [0.3, 0.4) is 0 Å². The largest absolute Gasteiger partial charge is 0.382 e. The molecule has 4 nitrogen and oxygen atoms in total. The van der Waals surface area contributed by atoms with Crippen molar-refractivity contribution in [2.24, 2.45) is 0 Å². The molecule has 2 aromatic heterocycles. The van der Waals surface area contributed by atoms with Crippen molar-refractivity contribution >= 4 is 27.6 Å². The van der Waals surface area contributed by atoms with Crippen LogP contribution in [0, 0.1) is 0 Å². The number of rotatable bonds is 1. The third kappa shape index (κ3) is 1.43. The van der Waals surface area contributed by atoms with Gasteiger partial charge in [0.05, 0.1) is 10.9 Å². The van der Waals surface area contributed by atoms with Crippen molar-refractivity contribution < 1.29 is 0 Å². The Morgan fingerprint density at radius 3 is 2.89 bits per heavy atom. The summed E-state index contributed by atoms with van der Waals surface area (Å²) in [6.07, 6.45) is 1.95. The van der Waals surface area contributed by atoms with Gasteiger partial charge >= 0.3 is 0 Å². The third-order valence-electron chi connectivity index (χ3n) is 3.48. The van der Waals surface area contributed by atoms with Crippen molar-refractivity contribution in [1.29, 1.82) is 0 Å². The molecule has 92 valence electrons. The second-order valence-electron chi connectivity index (χ2n) is 4.62. The number of nitrogens with two attached hydrogens (primary N) is 1. The van der Waals surface area contributed by atoms with Gasteiger partial charge in [0.2, 0.25) is 0 Å². The zero-order chi connectivity index (χ0) is 12.8. The third-order valence-corrected chi connectivity index (χ3v) is 3.48. The molecule has 2 heterocycles. The van der Waals surface area contributed by atoms with Crippen molar-refractivity contribution in [3.8, 4) is 11.1 Å². The molecule has 4 N–H and O–H groups in total. The van der Waals surface area contributed by atoms with Crippen LogP contribution >= 0.6 is 0 Å². The van der Waals surface area contributed by atoms with Crippen molar-refractivity contribution in [3.63, 3.8) is 0 Å². The van der Waals surface area contributed by atoms with E-state index in [9.17, 15) is 0 Å². The molecule has 4 aromatic rings. The molecule has 0 saturated heterocycles. The van der Waals surface area contributed by atoms with Gasteiger partial charge in [-0.2, -0.15) is 5.10 Å². The number of nitrogens with zero attached hydrogens (tertiary/aromatic N) is 1. The average Bonchev–Trinajstić information content (AvgIpc) is 3.05. The molecular formula is C15H12N4. The number of fused-ring (bicyclic) bond motifs is 2. The van der Waals surface area contributed by atoms with Crippen LogP contribution in [0.4, 0.5) is 5.82 Å². The smallest absolute Gasteiger partial charge is 0.153 e. The summed E-state index contributed by atoms with van der Waals surface area (Å²) in [5.74, 6) is 0.541. The Labute approximate surface area is 109 Å². The first-order valence-corrected chi connectivity index (χ1v) is 6.13. The Bertz CT molecular complexity index is 885. The van der Waals surface area contributed by atoms with Crippen LogP contribution in [0.15, 0.2) is 48.7 Å². The highest BCUT2D eigenvalue weighted by molar-refractivity contribution is 6.02. The average molecular weight is 248 g/mol. The van der Waals surface area contributed by atoms with Crippen molar-refractivity contribution in [2.75, 3.05) is 5.73 Å². The first-order chi connectivity index (χ1) is 9.33. The number of hydrogen-bond acceptors (Lipinski definition) is 2. The lowest BCUT2D eigenvalue weighted by atomic mass is 10.0. The second kappa shape index (κ2) is 3.62. The molecule has 0 radical (unpaired) electrons. The molecule has 4 rings (SSSR count). The quantitative estimate of drug-likeness (QED) is 0.483. The first kappa shape index (κ1) is 10.2. The van der Waals surface area contributed by atoms with E-state index >= 15 is 0 Å². The number of hydrogen-bond donors (Lipinski definition) is 3. The maximum Gasteiger partial charge on any atom is 0.153 e. The molecule has 0 atom stereocenters. The lowest BCUT2D eigenvalue weighted by molar-refractivity contribution is 1.13. The van der Waals surface area contributed by atoms with E-state index in [0.29, 0.717) is 5.82 Å². The van der Waals surface area contributed by atoms with E-state index in [4.69, 9.17) is 5.73 Å². The zero-order valence-corrected chi connectivity index (χ0v) is 10.1. The van der Waals surface area contributed by atoms with Crippen LogP contribution < -0.4 is 5.73 Å². The fourth-order valence-electron chi connectivity index (χ4n) is 2.56. The van der Waals surface area contributed by atoms with E-state index in [-0.39, 0.29) is 0 Å². The van der Waals surface area contributed by atoms with Crippen molar-refractivity contribution in [2.45, 2.75) is 0 Å². The van der Waals surface area contributed by atoms with Crippen LogP contribution in [-0.2, 0) is 0 Å². The molecule has 4 heteroatoms. The van der Waals surface area contributed by atoms with Gasteiger partial charge in [-0.15, -0.1) is 0 Å². The van der Waals surface area contributed by atoms with Gasteiger partial charge in [0, 0.05) is 11.7 Å². The van der Waals surface area contributed by atoms with E-state index in [1.54, 1.807) is 0 Å². The Balaban J connectivity index is 2.05. The van der Waals surface area contributed by atoms with Gasteiger partial charge in [-0.1, -0.05) is 18.2 Å².